The molecule has 0 bridgehead atoms. The lowest BCUT2D eigenvalue weighted by Crippen LogP contribution is -2.36. The van der Waals surface area contributed by atoms with Crippen LogP contribution in [0.25, 0.3) is 0 Å². The van der Waals surface area contributed by atoms with Gasteiger partial charge in [-0.3, -0.25) is 9.59 Å². The summed E-state index contributed by atoms with van der Waals surface area (Å²) in [6.45, 7) is 0.897. The molecule has 2 aliphatic rings. The van der Waals surface area contributed by atoms with Crippen molar-refractivity contribution >= 4 is 11.7 Å². The molecule has 17 heavy (non-hydrogen) atoms. The average molecular weight is 237 g/mol. The van der Waals surface area contributed by atoms with Crippen LogP contribution in [0.1, 0.15) is 51.4 Å². The third-order valence-electron chi connectivity index (χ3n) is 4.37. The summed E-state index contributed by atoms with van der Waals surface area (Å²) in [4.78, 5) is 25.2. The molecule has 2 fully saturated rings. The number of amides is 1. The van der Waals surface area contributed by atoms with Crippen LogP contribution in [0.5, 0.6) is 0 Å². The van der Waals surface area contributed by atoms with E-state index in [1.165, 1.54) is 19.3 Å². The molecule has 2 aliphatic carbocycles. The van der Waals surface area contributed by atoms with Crippen molar-refractivity contribution in [3.05, 3.63) is 0 Å². The predicted molar refractivity (Wildman–Crippen MR) is 66.6 cm³/mol. The fourth-order valence-electron chi connectivity index (χ4n) is 2.77. The number of carbonyl (C=O) groups excluding carboxylic acids is 2. The van der Waals surface area contributed by atoms with E-state index in [2.05, 4.69) is 0 Å². The molecule has 0 N–H and O–H groups in total. The molecule has 0 atom stereocenters. The molecule has 0 aromatic carbocycles. The summed E-state index contributed by atoms with van der Waals surface area (Å²) in [5.74, 6) is 1.56. The Balaban J connectivity index is 1.71. The number of hydrogen-bond donors (Lipinski definition) is 0. The van der Waals surface area contributed by atoms with Gasteiger partial charge in [0.05, 0.1) is 0 Å². The van der Waals surface area contributed by atoms with Crippen LogP contribution in [-0.4, -0.2) is 30.2 Å². The minimum absolute atomic E-state index is 0.110. The Bertz CT molecular complexity index is 287. The Labute approximate surface area is 104 Å². The molecule has 2 rings (SSSR count). The second kappa shape index (κ2) is 5.65. The zero-order chi connectivity index (χ0) is 12.3. The fourth-order valence-corrected chi connectivity index (χ4v) is 2.77. The average Bonchev–Trinajstić information content (AvgIpc) is 2.27. The third kappa shape index (κ3) is 3.30. The van der Waals surface area contributed by atoms with Gasteiger partial charge in [-0.05, 0) is 25.2 Å². The van der Waals surface area contributed by atoms with Gasteiger partial charge in [0.2, 0.25) is 5.91 Å². The van der Waals surface area contributed by atoms with Crippen molar-refractivity contribution < 1.29 is 9.59 Å². The van der Waals surface area contributed by atoms with E-state index in [9.17, 15) is 9.59 Å². The molecule has 0 spiro atoms. The molecule has 96 valence electrons. The molecule has 0 radical (unpaired) electrons. The van der Waals surface area contributed by atoms with E-state index in [1.54, 1.807) is 0 Å². The molecule has 0 aromatic heterocycles. The molecule has 0 aromatic rings. The van der Waals surface area contributed by atoms with Crippen LogP contribution in [0.2, 0.25) is 0 Å². The van der Waals surface area contributed by atoms with E-state index in [0.29, 0.717) is 18.6 Å². The first-order chi connectivity index (χ1) is 8.16. The minimum Gasteiger partial charge on any atom is -0.346 e. The Morgan fingerprint density at radius 1 is 1.24 bits per heavy atom. The lowest BCUT2D eigenvalue weighted by Gasteiger charge is -2.30. The van der Waals surface area contributed by atoms with E-state index < -0.39 is 0 Å². The number of rotatable bonds is 4. The van der Waals surface area contributed by atoms with Gasteiger partial charge in [0.15, 0.2) is 0 Å². The van der Waals surface area contributed by atoms with Crippen molar-refractivity contribution in [3.8, 4) is 0 Å². The number of ketones is 1. The van der Waals surface area contributed by atoms with Gasteiger partial charge in [-0.1, -0.05) is 19.3 Å². The van der Waals surface area contributed by atoms with Gasteiger partial charge in [0.1, 0.15) is 5.78 Å². The molecule has 3 heteroatoms. The second-order valence-corrected chi connectivity index (χ2v) is 5.66. The minimum atomic E-state index is 0.110. The number of Topliss-reactive ketones (excluding diaryl/α,β-unsaturated/α-hetero) is 1. The Morgan fingerprint density at radius 3 is 2.41 bits per heavy atom. The SMILES string of the molecule is CN(CCC1CCC1)C(=O)C1CCC(=O)CC1. The maximum absolute atomic E-state index is 12.1. The maximum atomic E-state index is 12.1. The maximum Gasteiger partial charge on any atom is 0.225 e. The first-order valence-electron chi connectivity index (χ1n) is 6.93. The molecule has 0 unspecified atom stereocenters. The summed E-state index contributed by atoms with van der Waals surface area (Å²) in [5.41, 5.74) is 0. The van der Waals surface area contributed by atoms with Gasteiger partial charge in [0.25, 0.3) is 0 Å². The summed E-state index contributed by atoms with van der Waals surface area (Å²) >= 11 is 0. The highest BCUT2D eigenvalue weighted by Gasteiger charge is 2.27. The van der Waals surface area contributed by atoms with Crippen LogP contribution in [0.3, 0.4) is 0 Å². The van der Waals surface area contributed by atoms with Crippen LogP contribution in [-0.2, 0) is 9.59 Å². The summed E-state index contributed by atoms with van der Waals surface area (Å²) < 4.78 is 0. The lowest BCUT2D eigenvalue weighted by atomic mass is 9.82. The molecule has 0 saturated heterocycles. The predicted octanol–water partition coefficient (Wildman–Crippen LogP) is 2.39. The highest BCUT2D eigenvalue weighted by atomic mass is 16.2. The zero-order valence-corrected chi connectivity index (χ0v) is 10.8. The number of carbonyl (C=O) groups is 2. The summed E-state index contributed by atoms with van der Waals surface area (Å²) in [5, 5.41) is 0. The van der Waals surface area contributed by atoms with Crippen LogP contribution < -0.4 is 0 Å². The first-order valence-corrected chi connectivity index (χ1v) is 6.93. The fraction of sp³-hybridized carbons (Fsp3) is 0.857. The van der Waals surface area contributed by atoms with Crippen molar-refractivity contribution in [2.75, 3.05) is 13.6 Å². The topological polar surface area (TPSA) is 37.4 Å². The van der Waals surface area contributed by atoms with Crippen molar-refractivity contribution in [1.82, 2.24) is 4.90 Å². The quantitative estimate of drug-likeness (QED) is 0.753. The summed E-state index contributed by atoms with van der Waals surface area (Å²) in [7, 11) is 1.91. The van der Waals surface area contributed by atoms with Gasteiger partial charge in [-0.2, -0.15) is 0 Å². The van der Waals surface area contributed by atoms with Gasteiger partial charge in [0, 0.05) is 32.4 Å². The van der Waals surface area contributed by atoms with Crippen molar-refractivity contribution in [1.29, 1.82) is 0 Å². The molecule has 0 aliphatic heterocycles. The molecular formula is C14H23NO2. The third-order valence-corrected chi connectivity index (χ3v) is 4.37. The molecule has 1 amide bonds. The summed E-state index contributed by atoms with van der Waals surface area (Å²) in [6, 6.07) is 0. The van der Waals surface area contributed by atoms with Gasteiger partial charge in [-0.25, -0.2) is 0 Å². The standard InChI is InChI=1S/C14H23NO2/c1-15(10-9-11-3-2-4-11)14(17)12-5-7-13(16)8-6-12/h11-12H,2-10H2,1H3. The zero-order valence-electron chi connectivity index (χ0n) is 10.8. The van der Waals surface area contributed by atoms with Crippen LogP contribution in [0.15, 0.2) is 0 Å². The highest BCUT2D eigenvalue weighted by molar-refractivity contribution is 5.84. The molecule has 2 saturated carbocycles. The molecule has 3 nitrogen and oxygen atoms in total. The Morgan fingerprint density at radius 2 is 1.88 bits per heavy atom. The Hall–Kier alpha value is -0.860. The van der Waals surface area contributed by atoms with E-state index >= 15 is 0 Å². The second-order valence-electron chi connectivity index (χ2n) is 5.66. The first kappa shape index (κ1) is 12.6. The van der Waals surface area contributed by atoms with E-state index in [1.807, 2.05) is 11.9 Å². The van der Waals surface area contributed by atoms with Gasteiger partial charge < -0.3 is 4.90 Å². The Kier molecular flexibility index (Phi) is 4.19. The van der Waals surface area contributed by atoms with Crippen molar-refractivity contribution in [3.63, 3.8) is 0 Å². The largest absolute Gasteiger partial charge is 0.346 e. The van der Waals surface area contributed by atoms with E-state index in [0.717, 1.165) is 31.7 Å². The normalized spacial score (nSPS) is 22.3. The lowest BCUT2D eigenvalue weighted by molar-refractivity contribution is -0.136. The van der Waals surface area contributed by atoms with Crippen molar-refractivity contribution in [2.24, 2.45) is 11.8 Å². The molecule has 0 heterocycles. The highest BCUT2D eigenvalue weighted by Crippen LogP contribution is 2.30. The summed E-state index contributed by atoms with van der Waals surface area (Å²) in [6.07, 6.45) is 7.97. The van der Waals surface area contributed by atoms with E-state index in [4.69, 9.17) is 0 Å². The van der Waals surface area contributed by atoms with Crippen LogP contribution in [0.4, 0.5) is 0 Å². The van der Waals surface area contributed by atoms with Crippen molar-refractivity contribution in [2.45, 2.75) is 51.4 Å². The number of nitrogens with zero attached hydrogens (tertiary/aromatic N) is 1. The molecular weight excluding hydrogens is 214 g/mol. The van der Waals surface area contributed by atoms with Crippen LogP contribution in [0, 0.1) is 11.8 Å². The number of hydrogen-bond acceptors (Lipinski definition) is 2. The van der Waals surface area contributed by atoms with Crippen LogP contribution >= 0.6 is 0 Å². The van der Waals surface area contributed by atoms with E-state index in [-0.39, 0.29) is 11.8 Å². The smallest absolute Gasteiger partial charge is 0.225 e. The monoisotopic (exact) mass is 237 g/mol. The van der Waals surface area contributed by atoms with Gasteiger partial charge in [-0.15, -0.1) is 0 Å². The van der Waals surface area contributed by atoms with Gasteiger partial charge >= 0.3 is 0 Å².